The molecule has 119 heavy (non-hydrogen) atoms. The Morgan fingerprint density at radius 3 is 0.395 bits per heavy atom. The van der Waals surface area contributed by atoms with E-state index in [1.165, 1.54) is 0 Å². The summed E-state index contributed by atoms with van der Waals surface area (Å²) in [7, 11) is 0. The average molecular weight is 1600 g/mol. The molecule has 0 fully saturated rings. The van der Waals surface area contributed by atoms with E-state index in [1.807, 2.05) is 0 Å². The first-order chi connectivity index (χ1) is 55.7. The fourth-order valence-electron chi connectivity index (χ4n) is 15.9. The normalized spacial score (nSPS) is 13.3. The van der Waals surface area contributed by atoms with Gasteiger partial charge in [0.25, 0.3) is 0 Å². The zero-order chi connectivity index (χ0) is 87.1. The number of nitriles is 6. The molecule has 16 bridgehead atoms. The van der Waals surface area contributed by atoms with Crippen LogP contribution >= 0.6 is 0 Å². The Kier molecular flexibility index (Phi) is 27.6. The summed E-state index contributed by atoms with van der Waals surface area (Å²) < 4.78 is 61.7. The molecule has 2 aliphatic carbocycles. The fourth-order valence-corrected chi connectivity index (χ4v) is 15.9. The van der Waals surface area contributed by atoms with Crippen molar-refractivity contribution in [1.29, 1.82) is 31.6 Å². The van der Waals surface area contributed by atoms with Crippen LogP contribution in [0.3, 0.4) is 0 Å². The predicted molar refractivity (Wildman–Crippen MR) is 472 cm³/mol. The van der Waals surface area contributed by atoms with Gasteiger partial charge in [-0.15, -0.1) is 0 Å². The molecule has 15 heteroatoms. The summed E-state index contributed by atoms with van der Waals surface area (Å²) in [5.41, 5.74) is 20.0. The first-order valence-corrected chi connectivity index (χ1v) is 41.9. The van der Waals surface area contributed by atoms with Gasteiger partial charge in [-0.25, -0.2) is 0 Å². The van der Waals surface area contributed by atoms with Gasteiger partial charge in [0, 0.05) is 51.4 Å². The molecule has 0 heterocycles. The van der Waals surface area contributed by atoms with E-state index in [-0.39, 0.29) is 109 Å². The highest BCUT2D eigenvalue weighted by Gasteiger charge is 2.34. The fraction of sp³-hybridized carbons (Fsp3) is 0.481. The topological polar surface area (TPSA) is 226 Å². The van der Waals surface area contributed by atoms with Crippen LogP contribution < -0.4 is 37.9 Å². The molecular formula is C104H124N6O9. The number of hydrogen-bond donors (Lipinski definition) is 0. The lowest BCUT2D eigenvalue weighted by Gasteiger charge is -2.29. The van der Waals surface area contributed by atoms with Crippen molar-refractivity contribution >= 4 is 0 Å². The molecule has 624 valence electrons. The summed E-state index contributed by atoms with van der Waals surface area (Å²) >= 11 is 0. The summed E-state index contributed by atoms with van der Waals surface area (Å²) in [5, 5.41) is 62.1. The molecule has 8 aromatic rings. The van der Waals surface area contributed by atoms with Crippen LogP contribution in [0.4, 0.5) is 0 Å². The molecule has 0 aromatic heterocycles. The molecule has 0 radical (unpaired) electrons. The Bertz CT molecular complexity index is 4770. The second-order valence-corrected chi connectivity index (χ2v) is 40.4. The van der Waals surface area contributed by atoms with Crippen molar-refractivity contribution in [2.24, 2.45) is 0 Å². The quantitative estimate of drug-likeness (QED) is 0.0647. The van der Waals surface area contributed by atoms with E-state index in [2.05, 4.69) is 300 Å². The lowest BCUT2D eigenvalue weighted by molar-refractivity contribution is 0.0756. The number of benzene rings is 8. The van der Waals surface area contributed by atoms with Crippen molar-refractivity contribution in [2.75, 3.05) is 66.1 Å². The van der Waals surface area contributed by atoms with Crippen molar-refractivity contribution in [1.82, 2.24) is 0 Å². The van der Waals surface area contributed by atoms with E-state index < -0.39 is 0 Å². The Balaban J connectivity index is 1.13. The van der Waals surface area contributed by atoms with Gasteiger partial charge in [0.05, 0.1) is 13.2 Å². The maximum Gasteiger partial charge on any atom is 0.174 e. The molecule has 0 aliphatic heterocycles. The smallest absolute Gasteiger partial charge is 0.174 e. The molecule has 8 aromatic carbocycles. The van der Waals surface area contributed by atoms with E-state index in [0.29, 0.717) is 97.4 Å². The molecule has 10 rings (SSSR count). The van der Waals surface area contributed by atoms with Crippen LogP contribution in [0.5, 0.6) is 46.0 Å². The summed E-state index contributed by atoms with van der Waals surface area (Å²) in [5.74, 6) is 4.91. The van der Waals surface area contributed by atoms with Crippen LogP contribution in [0, 0.1) is 68.0 Å². The number of rotatable bonds is 20. The molecule has 0 atom stereocenters. The molecule has 0 saturated heterocycles. The summed E-state index contributed by atoms with van der Waals surface area (Å²) in [6.45, 7) is 52.3. The first-order valence-electron chi connectivity index (χ1n) is 41.9. The zero-order valence-electron chi connectivity index (χ0n) is 75.3. The second kappa shape index (κ2) is 36.3. The second-order valence-electron chi connectivity index (χ2n) is 40.4. The van der Waals surface area contributed by atoms with Crippen LogP contribution in [-0.4, -0.2) is 66.1 Å². The Morgan fingerprint density at radius 1 is 0.185 bits per heavy atom. The van der Waals surface area contributed by atoms with Crippen LogP contribution in [0.1, 0.15) is 300 Å². The Hall–Kier alpha value is -10.9. The van der Waals surface area contributed by atoms with E-state index in [0.717, 1.165) is 134 Å². The monoisotopic (exact) mass is 1600 g/mol. The highest BCUT2D eigenvalue weighted by atomic mass is 16.5. The minimum Gasteiger partial charge on any atom is -0.491 e. The lowest BCUT2D eigenvalue weighted by Crippen LogP contribution is -2.19. The maximum atomic E-state index is 10.4. The van der Waals surface area contributed by atoms with Gasteiger partial charge in [0.1, 0.15) is 95.6 Å². The third kappa shape index (κ3) is 22.1. The average Bonchev–Trinajstić information content (AvgIpc) is 0.761. The molecule has 15 nitrogen and oxygen atoms in total. The van der Waals surface area contributed by atoms with Crippen LogP contribution in [0.15, 0.2) is 97.1 Å². The minimum atomic E-state index is -0.348. The standard InChI is InChI=1S/C104H124N6O9/c1-97(2,3)81-49-65-41-69-53-83(99(7,8)9)57-73(91(69)114-33-27-107)45-77-61-87(103(19,20)21)62-78(46-74-58-84(100(10,11)12)54-70(92(74)115-34-28-108)42-66(50-81)89(65)112-31-25-105)95(77)118-39-37-111-38-40-119-96-79-47-75-59-85(101(13,14)15)55-71(93(75)116-35-29-109)43-67-51-82(98(4,5)6)52-68(90(67)113-32-26-106)44-72-56-86(102(16,17)18)60-76(94(72)117-36-30-110)48-80(96)64-88(63-79)104(22,23)24/h49-64H,31-48H2,1-24H3. The van der Waals surface area contributed by atoms with Crippen molar-refractivity contribution in [3.05, 3.63) is 231 Å². The van der Waals surface area contributed by atoms with Crippen LogP contribution in [0.25, 0.3) is 0 Å². The van der Waals surface area contributed by atoms with Gasteiger partial charge in [-0.1, -0.05) is 263 Å². The van der Waals surface area contributed by atoms with E-state index >= 15 is 0 Å². The Morgan fingerprint density at radius 2 is 0.294 bits per heavy atom. The van der Waals surface area contributed by atoms with Gasteiger partial charge in [-0.2, -0.15) is 31.6 Å². The molecule has 0 unspecified atom stereocenters. The van der Waals surface area contributed by atoms with Gasteiger partial charge in [-0.05, 0) is 177 Å². The van der Waals surface area contributed by atoms with E-state index in [4.69, 9.17) is 42.6 Å². The first kappa shape index (κ1) is 90.4. The van der Waals surface area contributed by atoms with Crippen molar-refractivity contribution in [3.8, 4) is 82.4 Å². The third-order valence-electron chi connectivity index (χ3n) is 22.6. The summed E-state index contributed by atoms with van der Waals surface area (Å²) in [6, 6.07) is 49.1. The van der Waals surface area contributed by atoms with Crippen molar-refractivity contribution in [3.63, 3.8) is 0 Å². The molecule has 2 aliphatic rings. The SMILES string of the molecule is CC(C)(C)c1cc2c(OCC#N)c(c1)Cc1cc(C(C)(C)C)cc(c1OCC#N)Cc1cc(C(C)(C)C)cc(c1OCCOCCOc1c3cc(C(C)(C)C)cc1Cc1cc(C(C)(C)C)cc(c1OCC#N)Cc1cc(C(C)(C)C)cc(c1OCC#N)Cc1cc(C(C)(C)C)cc(c1OCC#N)C3)Cc1cc(C(C)(C)C)cc(c1OCC#N)C2. The molecule has 0 N–H and O–H groups in total. The number of fused-ring (bicyclic) bond motifs is 16. The third-order valence-corrected chi connectivity index (χ3v) is 22.6. The largest absolute Gasteiger partial charge is 0.491 e. The van der Waals surface area contributed by atoms with E-state index in [9.17, 15) is 31.6 Å². The zero-order valence-corrected chi connectivity index (χ0v) is 75.3. The van der Waals surface area contributed by atoms with Gasteiger partial charge in [-0.3, -0.25) is 0 Å². The lowest BCUT2D eigenvalue weighted by atomic mass is 9.79. The van der Waals surface area contributed by atoms with Crippen LogP contribution in [-0.2, 0) is 99.4 Å². The Labute approximate surface area is 710 Å². The number of hydrogen-bond acceptors (Lipinski definition) is 15. The summed E-state index contributed by atoms with van der Waals surface area (Å²) in [4.78, 5) is 0. The van der Waals surface area contributed by atoms with Gasteiger partial charge < -0.3 is 42.6 Å². The maximum absolute atomic E-state index is 10.4. The van der Waals surface area contributed by atoms with Gasteiger partial charge >= 0.3 is 0 Å². The van der Waals surface area contributed by atoms with E-state index in [1.54, 1.807) is 0 Å². The highest BCUT2D eigenvalue weighted by Crippen LogP contribution is 2.49. The van der Waals surface area contributed by atoms with Gasteiger partial charge in [0.2, 0.25) is 0 Å². The number of nitrogens with zero attached hydrogens (tertiary/aromatic N) is 6. The van der Waals surface area contributed by atoms with Crippen molar-refractivity contribution < 1.29 is 42.6 Å². The summed E-state index contributed by atoms with van der Waals surface area (Å²) in [6.07, 6.45) is 2.77. The molecular weight excluding hydrogens is 1480 g/mol. The minimum absolute atomic E-state index is 0.140. The van der Waals surface area contributed by atoms with Gasteiger partial charge in [0.15, 0.2) is 39.6 Å². The van der Waals surface area contributed by atoms with Crippen LogP contribution in [0.2, 0.25) is 0 Å². The molecule has 0 amide bonds. The highest BCUT2D eigenvalue weighted by molar-refractivity contribution is 5.64. The molecule has 0 saturated carbocycles. The van der Waals surface area contributed by atoms with Crippen molar-refractivity contribution in [2.45, 2.75) is 261 Å². The predicted octanol–water partition coefficient (Wildman–Crippen LogP) is 22.3. The molecule has 0 spiro atoms. The number of ether oxygens (including phenoxy) is 9.